The molecule has 1 aliphatic carbocycles. The van der Waals surface area contributed by atoms with Crippen molar-refractivity contribution >= 4 is 17.3 Å². The summed E-state index contributed by atoms with van der Waals surface area (Å²) in [5.41, 5.74) is 0.848. The van der Waals surface area contributed by atoms with Gasteiger partial charge in [-0.05, 0) is 49.7 Å². The van der Waals surface area contributed by atoms with E-state index in [1.165, 1.54) is 45.3 Å². The van der Waals surface area contributed by atoms with Crippen LogP contribution >= 0.6 is 12.2 Å². The van der Waals surface area contributed by atoms with E-state index in [2.05, 4.69) is 10.6 Å². The first-order valence-corrected chi connectivity index (χ1v) is 7.91. The SMILES string of the molecule is COc1ccc([C@H](C)NC(=S)NC2CCCCC2)cc1F. The predicted octanol–water partition coefficient (Wildman–Crippen LogP) is 3.69. The number of thiocarbonyl (C=S) groups is 1. The highest BCUT2D eigenvalue weighted by Gasteiger charge is 2.16. The van der Waals surface area contributed by atoms with Crippen molar-refractivity contribution in [3.8, 4) is 5.75 Å². The highest BCUT2D eigenvalue weighted by molar-refractivity contribution is 7.80. The Labute approximate surface area is 131 Å². The van der Waals surface area contributed by atoms with E-state index >= 15 is 0 Å². The molecular weight excluding hydrogens is 287 g/mol. The van der Waals surface area contributed by atoms with Gasteiger partial charge in [0.1, 0.15) is 0 Å². The van der Waals surface area contributed by atoms with E-state index in [1.54, 1.807) is 6.07 Å². The molecule has 1 aromatic rings. The van der Waals surface area contributed by atoms with Crippen LogP contribution < -0.4 is 15.4 Å². The molecule has 0 heterocycles. The molecule has 0 saturated heterocycles. The summed E-state index contributed by atoms with van der Waals surface area (Å²) in [5.74, 6) is -0.0938. The van der Waals surface area contributed by atoms with Gasteiger partial charge in [0.15, 0.2) is 16.7 Å². The van der Waals surface area contributed by atoms with Crippen LogP contribution in [0.1, 0.15) is 50.6 Å². The number of halogens is 1. The van der Waals surface area contributed by atoms with E-state index in [0.717, 1.165) is 5.56 Å². The summed E-state index contributed by atoms with van der Waals surface area (Å²) in [6.45, 7) is 1.97. The first-order chi connectivity index (χ1) is 10.1. The zero-order valence-corrected chi connectivity index (χ0v) is 13.4. The average molecular weight is 310 g/mol. The maximum atomic E-state index is 13.7. The van der Waals surface area contributed by atoms with E-state index < -0.39 is 0 Å². The number of ether oxygens (including phenoxy) is 1. The minimum atomic E-state index is -0.352. The molecule has 0 aromatic heterocycles. The van der Waals surface area contributed by atoms with Crippen LogP contribution in [0.4, 0.5) is 4.39 Å². The van der Waals surface area contributed by atoms with Crippen LogP contribution in [0.15, 0.2) is 18.2 Å². The fourth-order valence-electron chi connectivity index (χ4n) is 2.71. The molecule has 0 bridgehead atoms. The Kier molecular flexibility index (Phi) is 5.79. The summed E-state index contributed by atoms with van der Waals surface area (Å²) in [7, 11) is 1.46. The third kappa shape index (κ3) is 4.56. The molecule has 116 valence electrons. The maximum absolute atomic E-state index is 13.7. The highest BCUT2D eigenvalue weighted by atomic mass is 32.1. The number of hydrogen-bond donors (Lipinski definition) is 2. The Morgan fingerprint density at radius 3 is 2.67 bits per heavy atom. The molecule has 0 spiro atoms. The van der Waals surface area contributed by atoms with Gasteiger partial charge in [0.25, 0.3) is 0 Å². The van der Waals surface area contributed by atoms with Gasteiger partial charge in [-0.25, -0.2) is 4.39 Å². The van der Waals surface area contributed by atoms with Crippen molar-refractivity contribution in [3.05, 3.63) is 29.6 Å². The van der Waals surface area contributed by atoms with E-state index in [1.807, 2.05) is 13.0 Å². The molecule has 1 aliphatic rings. The Hall–Kier alpha value is -1.36. The summed E-state index contributed by atoms with van der Waals surface area (Å²) >= 11 is 5.35. The first kappa shape index (κ1) is 16.0. The first-order valence-electron chi connectivity index (χ1n) is 7.50. The van der Waals surface area contributed by atoms with Gasteiger partial charge in [-0.1, -0.05) is 25.3 Å². The second kappa shape index (κ2) is 7.59. The lowest BCUT2D eigenvalue weighted by Crippen LogP contribution is -2.43. The van der Waals surface area contributed by atoms with E-state index in [9.17, 15) is 4.39 Å². The molecule has 1 saturated carbocycles. The zero-order chi connectivity index (χ0) is 15.2. The largest absolute Gasteiger partial charge is 0.494 e. The van der Waals surface area contributed by atoms with Crippen LogP contribution in [-0.4, -0.2) is 18.3 Å². The molecule has 0 aliphatic heterocycles. The van der Waals surface area contributed by atoms with Crippen molar-refractivity contribution in [2.75, 3.05) is 7.11 Å². The zero-order valence-electron chi connectivity index (χ0n) is 12.6. The molecule has 0 radical (unpaired) electrons. The Bertz CT molecular complexity index is 489. The van der Waals surface area contributed by atoms with Crippen LogP contribution in [0.2, 0.25) is 0 Å². The summed E-state index contributed by atoms with van der Waals surface area (Å²) in [6, 6.07) is 5.40. The normalized spacial score (nSPS) is 17.1. The van der Waals surface area contributed by atoms with Crippen molar-refractivity contribution in [2.24, 2.45) is 0 Å². The topological polar surface area (TPSA) is 33.3 Å². The number of benzene rings is 1. The molecule has 21 heavy (non-hydrogen) atoms. The lowest BCUT2D eigenvalue weighted by atomic mass is 9.96. The molecule has 1 fully saturated rings. The van der Waals surface area contributed by atoms with E-state index in [-0.39, 0.29) is 17.6 Å². The molecule has 0 amide bonds. The van der Waals surface area contributed by atoms with Gasteiger partial charge in [0.2, 0.25) is 0 Å². The fourth-order valence-corrected chi connectivity index (χ4v) is 3.05. The van der Waals surface area contributed by atoms with Gasteiger partial charge < -0.3 is 15.4 Å². The molecule has 0 unspecified atom stereocenters. The number of rotatable bonds is 4. The maximum Gasteiger partial charge on any atom is 0.166 e. The Balaban J connectivity index is 1.89. The minimum Gasteiger partial charge on any atom is -0.494 e. The third-order valence-electron chi connectivity index (χ3n) is 3.96. The fraction of sp³-hybridized carbons (Fsp3) is 0.562. The van der Waals surface area contributed by atoms with Gasteiger partial charge in [0, 0.05) is 6.04 Å². The van der Waals surface area contributed by atoms with Gasteiger partial charge >= 0.3 is 0 Å². The van der Waals surface area contributed by atoms with Crippen LogP contribution in [-0.2, 0) is 0 Å². The van der Waals surface area contributed by atoms with Gasteiger partial charge in [-0.15, -0.1) is 0 Å². The molecule has 1 atom stereocenters. The minimum absolute atomic E-state index is 0.0472. The predicted molar refractivity (Wildman–Crippen MR) is 87.1 cm³/mol. The van der Waals surface area contributed by atoms with Crippen molar-refractivity contribution in [2.45, 2.75) is 51.1 Å². The summed E-state index contributed by atoms with van der Waals surface area (Å²) in [5, 5.41) is 7.22. The van der Waals surface area contributed by atoms with Crippen molar-refractivity contribution < 1.29 is 9.13 Å². The lowest BCUT2D eigenvalue weighted by molar-refractivity contribution is 0.385. The Morgan fingerprint density at radius 2 is 2.05 bits per heavy atom. The van der Waals surface area contributed by atoms with Crippen molar-refractivity contribution in [1.29, 1.82) is 0 Å². The molecule has 1 aromatic carbocycles. The number of hydrogen-bond acceptors (Lipinski definition) is 2. The molecule has 3 nitrogen and oxygen atoms in total. The highest BCUT2D eigenvalue weighted by Crippen LogP contribution is 2.22. The van der Waals surface area contributed by atoms with Crippen molar-refractivity contribution in [3.63, 3.8) is 0 Å². The lowest BCUT2D eigenvalue weighted by Gasteiger charge is -2.26. The molecular formula is C16H23FN2OS. The summed E-state index contributed by atoms with van der Waals surface area (Å²) in [4.78, 5) is 0. The van der Waals surface area contributed by atoms with Crippen LogP contribution in [0.3, 0.4) is 0 Å². The van der Waals surface area contributed by atoms with Crippen LogP contribution in [0, 0.1) is 5.82 Å². The second-order valence-electron chi connectivity index (χ2n) is 5.57. The Morgan fingerprint density at radius 1 is 1.33 bits per heavy atom. The van der Waals surface area contributed by atoms with Crippen LogP contribution in [0.25, 0.3) is 0 Å². The number of nitrogens with one attached hydrogen (secondary N) is 2. The monoisotopic (exact) mass is 310 g/mol. The second-order valence-corrected chi connectivity index (χ2v) is 5.98. The van der Waals surface area contributed by atoms with E-state index in [0.29, 0.717) is 11.2 Å². The van der Waals surface area contributed by atoms with Gasteiger partial charge in [-0.2, -0.15) is 0 Å². The molecule has 2 rings (SSSR count). The molecule has 5 heteroatoms. The number of methoxy groups -OCH3 is 1. The quantitative estimate of drug-likeness (QED) is 0.831. The van der Waals surface area contributed by atoms with E-state index in [4.69, 9.17) is 17.0 Å². The van der Waals surface area contributed by atoms with Crippen molar-refractivity contribution in [1.82, 2.24) is 10.6 Å². The molecule has 2 N–H and O–H groups in total. The third-order valence-corrected chi connectivity index (χ3v) is 4.20. The smallest absolute Gasteiger partial charge is 0.166 e. The van der Waals surface area contributed by atoms with Crippen LogP contribution in [0.5, 0.6) is 5.75 Å². The average Bonchev–Trinajstić information content (AvgIpc) is 2.48. The summed E-state index contributed by atoms with van der Waals surface area (Å²) in [6.07, 6.45) is 6.19. The van der Waals surface area contributed by atoms with Gasteiger partial charge in [0.05, 0.1) is 13.2 Å². The summed E-state index contributed by atoms with van der Waals surface area (Å²) < 4.78 is 18.6. The van der Waals surface area contributed by atoms with Gasteiger partial charge in [-0.3, -0.25) is 0 Å². The standard InChI is InChI=1S/C16H23FN2OS/c1-11(12-8-9-15(20-2)14(17)10-12)18-16(21)19-13-6-4-3-5-7-13/h8-11,13H,3-7H2,1-2H3,(H2,18,19,21)/t11-/m0/s1.